The van der Waals surface area contributed by atoms with E-state index in [1.165, 1.54) is 6.07 Å². The normalized spacial score (nSPS) is 15.2. The molecule has 1 fully saturated rings. The molecular weight excluding hydrogens is 324 g/mol. The molecule has 1 saturated carbocycles. The molecule has 24 heavy (non-hydrogen) atoms. The first-order valence-corrected chi connectivity index (χ1v) is 8.16. The Labute approximate surface area is 143 Å². The summed E-state index contributed by atoms with van der Waals surface area (Å²) in [6, 6.07) is 16.2. The second kappa shape index (κ2) is 5.49. The lowest BCUT2D eigenvalue weighted by atomic mass is 10.0. The first-order chi connectivity index (χ1) is 11.6. The van der Waals surface area contributed by atoms with Crippen molar-refractivity contribution in [3.05, 3.63) is 81.1 Å². The van der Waals surface area contributed by atoms with Crippen molar-refractivity contribution >= 4 is 28.4 Å². The van der Waals surface area contributed by atoms with Crippen LogP contribution in [-0.2, 0) is 5.54 Å². The van der Waals surface area contributed by atoms with Crippen molar-refractivity contribution in [3.8, 4) is 0 Å². The lowest BCUT2D eigenvalue weighted by molar-refractivity contribution is 0.0932. The SMILES string of the molecule is O=C(NC1(c2ccccc2Cl)CC1)c1cc(=O)[nH]c2ccccc12. The van der Waals surface area contributed by atoms with Gasteiger partial charge in [-0.1, -0.05) is 48.0 Å². The van der Waals surface area contributed by atoms with E-state index in [9.17, 15) is 9.59 Å². The van der Waals surface area contributed by atoms with Crippen molar-refractivity contribution in [2.24, 2.45) is 0 Å². The summed E-state index contributed by atoms with van der Waals surface area (Å²) in [4.78, 5) is 27.4. The smallest absolute Gasteiger partial charge is 0.252 e. The number of hydrogen-bond donors (Lipinski definition) is 2. The Bertz CT molecular complexity index is 1010. The highest BCUT2D eigenvalue weighted by Crippen LogP contribution is 2.48. The lowest BCUT2D eigenvalue weighted by Crippen LogP contribution is -2.35. The molecule has 0 unspecified atom stereocenters. The fourth-order valence-corrected chi connectivity index (χ4v) is 3.43. The van der Waals surface area contributed by atoms with Crippen LogP contribution in [-0.4, -0.2) is 10.9 Å². The van der Waals surface area contributed by atoms with Crippen LogP contribution in [0.1, 0.15) is 28.8 Å². The van der Waals surface area contributed by atoms with Gasteiger partial charge in [0.2, 0.25) is 5.56 Å². The molecule has 3 aromatic rings. The Morgan fingerprint density at radius 2 is 1.79 bits per heavy atom. The minimum atomic E-state index is -0.431. The summed E-state index contributed by atoms with van der Waals surface area (Å²) in [6.07, 6.45) is 1.67. The molecule has 4 rings (SSSR count). The summed E-state index contributed by atoms with van der Waals surface area (Å²) in [7, 11) is 0. The maximum atomic E-state index is 12.8. The Balaban J connectivity index is 1.73. The molecule has 120 valence electrons. The third-order valence-electron chi connectivity index (χ3n) is 4.49. The van der Waals surface area contributed by atoms with Crippen LogP contribution in [0.3, 0.4) is 0 Å². The van der Waals surface area contributed by atoms with Crippen LogP contribution in [0.15, 0.2) is 59.4 Å². The van der Waals surface area contributed by atoms with Gasteiger partial charge in [0, 0.05) is 22.0 Å². The number of amides is 1. The van der Waals surface area contributed by atoms with E-state index in [4.69, 9.17) is 11.6 Å². The number of H-pyrrole nitrogens is 1. The number of fused-ring (bicyclic) bond motifs is 1. The van der Waals surface area contributed by atoms with Crippen LogP contribution in [0.2, 0.25) is 5.02 Å². The van der Waals surface area contributed by atoms with Crippen LogP contribution < -0.4 is 10.9 Å². The van der Waals surface area contributed by atoms with Crippen LogP contribution in [0.5, 0.6) is 0 Å². The summed E-state index contributed by atoms with van der Waals surface area (Å²) in [5, 5.41) is 4.45. The van der Waals surface area contributed by atoms with Gasteiger partial charge in [-0.25, -0.2) is 0 Å². The standard InChI is InChI=1S/C19H15ClN2O2/c20-15-7-3-2-6-14(15)19(9-10-19)22-18(24)13-11-17(23)21-16-8-4-1-5-12(13)16/h1-8,11H,9-10H2,(H,21,23)(H,22,24). The number of hydrogen-bond acceptors (Lipinski definition) is 2. The summed E-state index contributed by atoms with van der Waals surface area (Å²) >= 11 is 6.29. The number of aromatic nitrogens is 1. The Kier molecular flexibility index (Phi) is 3.43. The van der Waals surface area contributed by atoms with E-state index < -0.39 is 5.54 Å². The van der Waals surface area contributed by atoms with Gasteiger partial charge in [-0.3, -0.25) is 9.59 Å². The molecule has 2 N–H and O–H groups in total. The molecule has 0 bridgehead atoms. The third-order valence-corrected chi connectivity index (χ3v) is 4.82. The predicted molar refractivity (Wildman–Crippen MR) is 94.4 cm³/mol. The van der Waals surface area contributed by atoms with Crippen molar-refractivity contribution in [2.45, 2.75) is 18.4 Å². The van der Waals surface area contributed by atoms with E-state index >= 15 is 0 Å². The average molecular weight is 339 g/mol. The van der Waals surface area contributed by atoms with Crippen molar-refractivity contribution in [1.82, 2.24) is 10.3 Å². The fraction of sp³-hybridized carbons (Fsp3) is 0.158. The molecule has 0 aliphatic heterocycles. The second-order valence-corrected chi connectivity index (χ2v) is 6.52. The van der Waals surface area contributed by atoms with E-state index in [1.807, 2.05) is 42.5 Å². The molecule has 1 aliphatic carbocycles. The first-order valence-electron chi connectivity index (χ1n) is 7.79. The number of carbonyl (C=O) groups is 1. The monoisotopic (exact) mass is 338 g/mol. The lowest BCUT2D eigenvalue weighted by Gasteiger charge is -2.19. The third kappa shape index (κ3) is 2.49. The molecule has 0 spiro atoms. The van der Waals surface area contributed by atoms with Gasteiger partial charge >= 0.3 is 0 Å². The number of para-hydroxylation sites is 1. The van der Waals surface area contributed by atoms with Gasteiger partial charge in [0.15, 0.2) is 0 Å². The van der Waals surface area contributed by atoms with Gasteiger partial charge in [-0.2, -0.15) is 0 Å². The summed E-state index contributed by atoms with van der Waals surface area (Å²) < 4.78 is 0. The summed E-state index contributed by atoms with van der Waals surface area (Å²) in [5.41, 5.74) is 1.24. The maximum Gasteiger partial charge on any atom is 0.252 e. The number of aromatic amines is 1. The topological polar surface area (TPSA) is 62.0 Å². The number of pyridine rings is 1. The predicted octanol–water partition coefficient (Wildman–Crippen LogP) is 3.60. The van der Waals surface area contributed by atoms with Gasteiger partial charge in [0.25, 0.3) is 5.91 Å². The summed E-state index contributed by atoms with van der Waals surface area (Å²) in [6.45, 7) is 0. The Morgan fingerprint density at radius 1 is 1.08 bits per heavy atom. The van der Waals surface area contributed by atoms with E-state index in [2.05, 4.69) is 10.3 Å². The van der Waals surface area contributed by atoms with Gasteiger partial charge < -0.3 is 10.3 Å². The number of halogens is 1. The fourth-order valence-electron chi connectivity index (χ4n) is 3.11. The highest BCUT2D eigenvalue weighted by atomic mass is 35.5. The van der Waals surface area contributed by atoms with Crippen molar-refractivity contribution in [3.63, 3.8) is 0 Å². The van der Waals surface area contributed by atoms with Gasteiger partial charge in [-0.15, -0.1) is 0 Å². The molecule has 0 radical (unpaired) electrons. The minimum Gasteiger partial charge on any atom is -0.342 e. The highest BCUT2D eigenvalue weighted by molar-refractivity contribution is 6.31. The van der Waals surface area contributed by atoms with Crippen molar-refractivity contribution < 1.29 is 4.79 Å². The van der Waals surface area contributed by atoms with E-state index in [0.29, 0.717) is 16.1 Å². The zero-order valence-corrected chi connectivity index (χ0v) is 13.6. The molecule has 2 aromatic carbocycles. The van der Waals surface area contributed by atoms with Gasteiger partial charge in [0.1, 0.15) is 0 Å². The zero-order valence-electron chi connectivity index (χ0n) is 12.8. The minimum absolute atomic E-state index is 0.255. The molecule has 4 nitrogen and oxygen atoms in total. The molecule has 5 heteroatoms. The zero-order chi connectivity index (χ0) is 16.7. The van der Waals surface area contributed by atoms with Gasteiger partial charge in [-0.05, 0) is 30.5 Å². The Morgan fingerprint density at radius 3 is 2.54 bits per heavy atom. The summed E-state index contributed by atoms with van der Waals surface area (Å²) in [5.74, 6) is -0.255. The number of nitrogens with one attached hydrogen (secondary N) is 2. The van der Waals surface area contributed by atoms with Crippen LogP contribution in [0, 0.1) is 0 Å². The molecule has 1 heterocycles. The van der Waals surface area contributed by atoms with Crippen LogP contribution >= 0.6 is 11.6 Å². The molecule has 0 saturated heterocycles. The van der Waals surface area contributed by atoms with Crippen molar-refractivity contribution in [2.75, 3.05) is 0 Å². The Hall–Kier alpha value is -2.59. The largest absolute Gasteiger partial charge is 0.342 e. The number of benzene rings is 2. The second-order valence-electron chi connectivity index (χ2n) is 6.11. The molecule has 1 aromatic heterocycles. The molecule has 1 amide bonds. The van der Waals surface area contributed by atoms with E-state index in [0.717, 1.165) is 23.8 Å². The number of carbonyl (C=O) groups excluding carboxylic acids is 1. The van der Waals surface area contributed by atoms with Crippen LogP contribution in [0.25, 0.3) is 10.9 Å². The molecular formula is C19H15ClN2O2. The number of rotatable bonds is 3. The average Bonchev–Trinajstić information content (AvgIpc) is 3.34. The van der Waals surface area contributed by atoms with Crippen LogP contribution in [0.4, 0.5) is 0 Å². The first kappa shape index (κ1) is 15.0. The highest BCUT2D eigenvalue weighted by Gasteiger charge is 2.47. The van der Waals surface area contributed by atoms with E-state index in [-0.39, 0.29) is 11.5 Å². The van der Waals surface area contributed by atoms with Crippen molar-refractivity contribution in [1.29, 1.82) is 0 Å². The molecule has 1 aliphatic rings. The quantitative estimate of drug-likeness (QED) is 0.766. The van der Waals surface area contributed by atoms with E-state index in [1.54, 1.807) is 6.07 Å². The maximum absolute atomic E-state index is 12.8. The molecule has 0 atom stereocenters. The van der Waals surface area contributed by atoms with Gasteiger partial charge in [0.05, 0.1) is 11.1 Å².